The summed E-state index contributed by atoms with van der Waals surface area (Å²) in [5, 5.41) is 6.35. The third-order valence-electron chi connectivity index (χ3n) is 6.82. The maximum absolute atomic E-state index is 13.3. The molecule has 3 amide bonds. The summed E-state index contributed by atoms with van der Waals surface area (Å²) < 4.78 is 19.1. The van der Waals surface area contributed by atoms with Gasteiger partial charge in [-0.2, -0.15) is 0 Å². The molecule has 0 saturated carbocycles. The number of hydrogen-bond donors (Lipinski definition) is 3. The van der Waals surface area contributed by atoms with E-state index in [4.69, 9.17) is 10.5 Å². The van der Waals surface area contributed by atoms with E-state index in [1.165, 1.54) is 17.7 Å². The van der Waals surface area contributed by atoms with E-state index in [1.807, 2.05) is 43.0 Å². The summed E-state index contributed by atoms with van der Waals surface area (Å²) in [4.78, 5) is 31.4. The fourth-order valence-electron chi connectivity index (χ4n) is 4.45. The van der Waals surface area contributed by atoms with Gasteiger partial charge in [-0.15, -0.1) is 0 Å². The summed E-state index contributed by atoms with van der Waals surface area (Å²) >= 11 is 0. The normalized spacial score (nSPS) is 13.9. The number of ether oxygens (including phenoxy) is 1. The summed E-state index contributed by atoms with van der Waals surface area (Å²) in [7, 11) is 0. The highest BCUT2D eigenvalue weighted by Gasteiger charge is 2.23. The number of benzene rings is 2. The first-order valence-electron chi connectivity index (χ1n) is 14.3. The third kappa shape index (κ3) is 11.1. The summed E-state index contributed by atoms with van der Waals surface area (Å²) in [6.07, 6.45) is 2.09. The van der Waals surface area contributed by atoms with Gasteiger partial charge in [-0.3, -0.25) is 9.69 Å². The molecule has 2 aromatic rings. The van der Waals surface area contributed by atoms with Crippen LogP contribution in [0.5, 0.6) is 5.75 Å². The first kappa shape index (κ1) is 31.3. The standard InChI is InChI=1S/C30H45FN6O3/c1-24(2)34-30(39)37(22-26-5-9-27(31)10-6-26)20-17-35-15-18-36(19-16-35)29(38)23-40-28-11-7-25(8-12-28)21-33-14-4-3-13-32/h5-12,24,33H,3-4,13-23,32H2,1-2H3,(H,34,39). The van der Waals surface area contributed by atoms with Gasteiger partial charge in [0.15, 0.2) is 6.61 Å². The highest BCUT2D eigenvalue weighted by Crippen LogP contribution is 2.13. The van der Waals surface area contributed by atoms with Crippen molar-refractivity contribution in [3.63, 3.8) is 0 Å². The molecule has 1 aliphatic heterocycles. The number of carbonyl (C=O) groups is 2. The molecule has 3 rings (SSSR count). The topological polar surface area (TPSA) is 103 Å². The average Bonchev–Trinajstić information content (AvgIpc) is 2.95. The van der Waals surface area contributed by atoms with Crippen molar-refractivity contribution in [3.05, 3.63) is 65.5 Å². The molecule has 10 heteroatoms. The van der Waals surface area contributed by atoms with Crippen LogP contribution in [0.15, 0.2) is 48.5 Å². The highest BCUT2D eigenvalue weighted by atomic mass is 19.1. The van der Waals surface area contributed by atoms with Crippen LogP contribution in [0.2, 0.25) is 0 Å². The summed E-state index contributed by atoms with van der Waals surface area (Å²) in [6.45, 7) is 10.6. The van der Waals surface area contributed by atoms with Gasteiger partial charge in [0, 0.05) is 58.4 Å². The number of nitrogens with zero attached hydrogens (tertiary/aromatic N) is 3. The number of amides is 3. The third-order valence-corrected chi connectivity index (χ3v) is 6.82. The van der Waals surface area contributed by atoms with E-state index in [0.29, 0.717) is 38.5 Å². The second kappa shape index (κ2) is 16.8. The summed E-state index contributed by atoms with van der Waals surface area (Å²) in [5.41, 5.74) is 7.56. The van der Waals surface area contributed by atoms with Crippen molar-refractivity contribution in [1.82, 2.24) is 25.3 Å². The van der Waals surface area contributed by atoms with Gasteiger partial charge in [-0.05, 0) is 75.2 Å². The number of nitrogens with two attached hydrogens (primary N) is 1. The zero-order valence-corrected chi connectivity index (χ0v) is 23.9. The lowest BCUT2D eigenvalue weighted by molar-refractivity contribution is -0.135. The Morgan fingerprint density at radius 1 is 1.00 bits per heavy atom. The van der Waals surface area contributed by atoms with Gasteiger partial charge < -0.3 is 30.9 Å². The van der Waals surface area contributed by atoms with Crippen molar-refractivity contribution in [2.75, 3.05) is 59.0 Å². The Morgan fingerprint density at radius 2 is 1.68 bits per heavy atom. The molecule has 220 valence electrons. The zero-order chi connectivity index (χ0) is 28.7. The van der Waals surface area contributed by atoms with Gasteiger partial charge in [0.2, 0.25) is 0 Å². The van der Waals surface area contributed by atoms with Crippen LogP contribution in [-0.4, -0.2) is 91.6 Å². The first-order chi connectivity index (χ1) is 19.3. The van der Waals surface area contributed by atoms with Crippen LogP contribution in [0, 0.1) is 5.82 Å². The molecule has 0 spiro atoms. The van der Waals surface area contributed by atoms with E-state index in [-0.39, 0.29) is 30.4 Å². The fourth-order valence-corrected chi connectivity index (χ4v) is 4.45. The minimum atomic E-state index is -0.296. The Kier molecular flexibility index (Phi) is 13.1. The molecule has 1 fully saturated rings. The number of piperazine rings is 1. The van der Waals surface area contributed by atoms with Crippen molar-refractivity contribution >= 4 is 11.9 Å². The lowest BCUT2D eigenvalue weighted by Gasteiger charge is -2.36. The van der Waals surface area contributed by atoms with E-state index in [2.05, 4.69) is 15.5 Å². The van der Waals surface area contributed by atoms with Gasteiger partial charge in [-0.1, -0.05) is 24.3 Å². The molecular weight excluding hydrogens is 511 g/mol. The van der Waals surface area contributed by atoms with E-state index in [9.17, 15) is 14.0 Å². The zero-order valence-electron chi connectivity index (χ0n) is 23.9. The highest BCUT2D eigenvalue weighted by molar-refractivity contribution is 5.78. The summed E-state index contributed by atoms with van der Waals surface area (Å²) in [6, 6.07) is 13.9. The Morgan fingerprint density at radius 3 is 2.33 bits per heavy atom. The predicted molar refractivity (Wildman–Crippen MR) is 155 cm³/mol. The molecular formula is C30H45FN6O3. The molecule has 0 radical (unpaired) electrons. The molecule has 1 aliphatic rings. The predicted octanol–water partition coefficient (Wildman–Crippen LogP) is 2.80. The van der Waals surface area contributed by atoms with Gasteiger partial charge >= 0.3 is 6.03 Å². The lowest BCUT2D eigenvalue weighted by atomic mass is 10.2. The van der Waals surface area contributed by atoms with Crippen molar-refractivity contribution in [1.29, 1.82) is 0 Å². The van der Waals surface area contributed by atoms with Gasteiger partial charge in [0.25, 0.3) is 5.91 Å². The van der Waals surface area contributed by atoms with Crippen molar-refractivity contribution < 1.29 is 18.7 Å². The number of rotatable bonds is 15. The molecule has 9 nitrogen and oxygen atoms in total. The quantitative estimate of drug-likeness (QED) is 0.292. The largest absolute Gasteiger partial charge is 0.484 e. The van der Waals surface area contributed by atoms with E-state index < -0.39 is 0 Å². The Hall–Kier alpha value is -3.21. The second-order valence-corrected chi connectivity index (χ2v) is 10.5. The molecule has 0 aliphatic carbocycles. The summed E-state index contributed by atoms with van der Waals surface area (Å²) in [5.74, 6) is 0.356. The number of hydrogen-bond acceptors (Lipinski definition) is 6. The monoisotopic (exact) mass is 556 g/mol. The number of urea groups is 1. The SMILES string of the molecule is CC(C)NC(=O)N(CCN1CCN(C(=O)COc2ccc(CNCCCCN)cc2)CC1)Cc1ccc(F)cc1. The van der Waals surface area contributed by atoms with Crippen LogP contribution >= 0.6 is 0 Å². The number of halogens is 1. The van der Waals surface area contributed by atoms with Gasteiger partial charge in [0.05, 0.1) is 0 Å². The van der Waals surface area contributed by atoms with Crippen LogP contribution in [0.1, 0.15) is 37.8 Å². The van der Waals surface area contributed by atoms with E-state index >= 15 is 0 Å². The molecule has 4 N–H and O–H groups in total. The van der Waals surface area contributed by atoms with Crippen LogP contribution in [-0.2, 0) is 17.9 Å². The lowest BCUT2D eigenvalue weighted by Crippen LogP contribution is -2.52. The molecule has 40 heavy (non-hydrogen) atoms. The van der Waals surface area contributed by atoms with Crippen molar-refractivity contribution in [3.8, 4) is 5.75 Å². The van der Waals surface area contributed by atoms with Crippen LogP contribution in [0.4, 0.5) is 9.18 Å². The van der Waals surface area contributed by atoms with Crippen LogP contribution in [0.3, 0.4) is 0 Å². The van der Waals surface area contributed by atoms with Crippen LogP contribution in [0.25, 0.3) is 0 Å². The van der Waals surface area contributed by atoms with Gasteiger partial charge in [-0.25, -0.2) is 9.18 Å². The molecule has 0 unspecified atom stereocenters. The first-order valence-corrected chi connectivity index (χ1v) is 14.3. The molecule has 0 aromatic heterocycles. The molecule has 0 bridgehead atoms. The fraction of sp³-hybridized carbons (Fsp3) is 0.533. The number of carbonyl (C=O) groups excluding carboxylic acids is 2. The van der Waals surface area contributed by atoms with E-state index in [0.717, 1.165) is 51.1 Å². The van der Waals surface area contributed by atoms with E-state index in [1.54, 1.807) is 17.0 Å². The molecule has 0 atom stereocenters. The maximum Gasteiger partial charge on any atom is 0.317 e. The Bertz CT molecular complexity index is 1030. The average molecular weight is 557 g/mol. The number of nitrogens with one attached hydrogen (secondary N) is 2. The number of unbranched alkanes of at least 4 members (excludes halogenated alkanes) is 1. The smallest absolute Gasteiger partial charge is 0.317 e. The molecule has 2 aromatic carbocycles. The van der Waals surface area contributed by atoms with Crippen molar-refractivity contribution in [2.45, 2.75) is 45.8 Å². The Balaban J connectivity index is 1.38. The second-order valence-electron chi connectivity index (χ2n) is 10.5. The maximum atomic E-state index is 13.3. The Labute approximate surface area is 237 Å². The van der Waals surface area contributed by atoms with Gasteiger partial charge in [0.1, 0.15) is 11.6 Å². The van der Waals surface area contributed by atoms with Crippen molar-refractivity contribution in [2.24, 2.45) is 5.73 Å². The van der Waals surface area contributed by atoms with Crippen LogP contribution < -0.4 is 21.1 Å². The minimum absolute atomic E-state index is 0.0114. The molecule has 1 saturated heterocycles. The molecule has 1 heterocycles. The minimum Gasteiger partial charge on any atom is -0.484 e.